The molecule has 1 heterocycles. The van der Waals surface area contributed by atoms with E-state index in [-0.39, 0.29) is 23.7 Å². The third-order valence-corrected chi connectivity index (χ3v) is 6.94. The summed E-state index contributed by atoms with van der Waals surface area (Å²) < 4.78 is 5.27. The van der Waals surface area contributed by atoms with Crippen LogP contribution < -0.4 is 10.6 Å². The van der Waals surface area contributed by atoms with Gasteiger partial charge in [0.1, 0.15) is 6.04 Å². The fourth-order valence-electron chi connectivity index (χ4n) is 5.04. The van der Waals surface area contributed by atoms with Gasteiger partial charge in [0.15, 0.2) is 5.72 Å². The number of halogens is 1. The minimum absolute atomic E-state index is 0.0958. The number of fused-ring (bicyclic) bond motifs is 1. The molecule has 0 saturated carbocycles. The Kier molecular flexibility index (Phi) is 7.89. The van der Waals surface area contributed by atoms with Gasteiger partial charge in [0, 0.05) is 30.5 Å². The van der Waals surface area contributed by atoms with E-state index in [1.165, 1.54) is 16.7 Å². The van der Waals surface area contributed by atoms with Crippen LogP contribution in [0.5, 0.6) is 0 Å². The number of likely N-dealkylation sites (tertiary alicyclic amines) is 1. The van der Waals surface area contributed by atoms with Gasteiger partial charge in [-0.1, -0.05) is 63.9 Å². The molecule has 7 nitrogen and oxygen atoms in total. The van der Waals surface area contributed by atoms with Crippen molar-refractivity contribution in [2.24, 2.45) is 17.3 Å². The molecule has 35 heavy (non-hydrogen) atoms. The summed E-state index contributed by atoms with van der Waals surface area (Å²) in [4.78, 5) is 39.8. The van der Waals surface area contributed by atoms with Crippen LogP contribution in [0.2, 0.25) is 5.02 Å². The van der Waals surface area contributed by atoms with E-state index in [1.807, 2.05) is 30.9 Å². The summed E-state index contributed by atoms with van der Waals surface area (Å²) in [7, 11) is 0. The summed E-state index contributed by atoms with van der Waals surface area (Å²) in [5, 5.41) is 6.19. The van der Waals surface area contributed by atoms with Crippen LogP contribution in [0.4, 0.5) is 4.79 Å². The third-order valence-electron chi connectivity index (χ3n) is 6.69. The van der Waals surface area contributed by atoms with Crippen molar-refractivity contribution in [3.8, 4) is 0 Å². The molecule has 3 rings (SSSR count). The molecular weight excluding hydrogens is 466 g/mol. The quantitative estimate of drug-likeness (QED) is 0.405. The number of carbonyl (C=O) groups is 3. The number of nitrogens with zero attached hydrogens (tertiary/aromatic N) is 1. The van der Waals surface area contributed by atoms with Crippen LogP contribution in [0.15, 0.2) is 29.8 Å². The Hall–Kier alpha value is -2.54. The lowest BCUT2D eigenvalue weighted by atomic mass is 9.82. The first kappa shape index (κ1) is 27.1. The molecule has 1 aliphatic heterocycles. The van der Waals surface area contributed by atoms with Crippen LogP contribution in [-0.2, 0) is 14.3 Å². The minimum atomic E-state index is -1.18. The monoisotopic (exact) mass is 503 g/mol. The molecule has 1 saturated heterocycles. The van der Waals surface area contributed by atoms with Crippen molar-refractivity contribution in [1.29, 1.82) is 0 Å². The molecule has 1 aromatic carbocycles. The van der Waals surface area contributed by atoms with E-state index in [0.717, 1.165) is 11.4 Å². The average Bonchev–Trinajstić information content (AvgIpc) is 3.50. The smallest absolute Gasteiger partial charge is 0.318 e. The number of allylic oxidation sites excluding steroid dienone is 1. The standard InChI is InChI=1S/C27H38ClN3O4/c1-8-20(32)35-27(6,7)30-25(34)29-23(16(2)3)24(33)31-14-13-19-21(22(19)26(4,5)15-31)17-9-11-18(28)12-10-17/h9-12,16,22-23H,8,13-15H2,1-7H3,(H2,29,30,34). The molecular formula is C27H38ClN3O4. The summed E-state index contributed by atoms with van der Waals surface area (Å²) in [5.74, 6) is -0.283. The first-order chi connectivity index (χ1) is 16.3. The molecule has 192 valence electrons. The van der Waals surface area contributed by atoms with Gasteiger partial charge in [0.05, 0.1) is 0 Å². The number of hydrogen-bond acceptors (Lipinski definition) is 4. The van der Waals surface area contributed by atoms with Crippen molar-refractivity contribution in [2.45, 2.75) is 73.1 Å². The van der Waals surface area contributed by atoms with Gasteiger partial charge in [-0.25, -0.2) is 4.79 Å². The molecule has 0 spiro atoms. The van der Waals surface area contributed by atoms with E-state index in [2.05, 4.69) is 36.6 Å². The summed E-state index contributed by atoms with van der Waals surface area (Å²) in [6.07, 6.45) is 1.02. The Labute approximate surface area is 213 Å². The number of hydrogen-bond donors (Lipinski definition) is 2. The lowest BCUT2D eigenvalue weighted by Crippen LogP contribution is -2.58. The fraction of sp³-hybridized carbons (Fsp3) is 0.593. The van der Waals surface area contributed by atoms with Crippen molar-refractivity contribution in [3.05, 3.63) is 40.4 Å². The van der Waals surface area contributed by atoms with Crippen molar-refractivity contribution in [1.82, 2.24) is 15.5 Å². The van der Waals surface area contributed by atoms with E-state index in [0.29, 0.717) is 19.0 Å². The molecule has 2 N–H and O–H groups in total. The van der Waals surface area contributed by atoms with Crippen LogP contribution in [0, 0.1) is 17.3 Å². The number of ether oxygens (including phenoxy) is 1. The van der Waals surface area contributed by atoms with Gasteiger partial charge in [0.25, 0.3) is 0 Å². The number of benzene rings is 1. The normalized spacial score (nSPS) is 20.0. The van der Waals surface area contributed by atoms with Crippen LogP contribution in [-0.4, -0.2) is 47.7 Å². The zero-order valence-corrected chi connectivity index (χ0v) is 22.6. The van der Waals surface area contributed by atoms with E-state index < -0.39 is 23.8 Å². The fourth-order valence-corrected chi connectivity index (χ4v) is 5.16. The number of rotatable bonds is 7. The second kappa shape index (κ2) is 10.2. The highest BCUT2D eigenvalue weighted by Gasteiger charge is 2.50. The van der Waals surface area contributed by atoms with Crippen molar-refractivity contribution in [3.63, 3.8) is 0 Å². The zero-order valence-electron chi connectivity index (χ0n) is 21.8. The molecule has 8 heteroatoms. The first-order valence-corrected chi connectivity index (χ1v) is 12.7. The molecule has 0 bridgehead atoms. The van der Waals surface area contributed by atoms with Crippen LogP contribution in [0.25, 0.3) is 5.57 Å². The van der Waals surface area contributed by atoms with Crippen LogP contribution in [0.3, 0.4) is 0 Å². The van der Waals surface area contributed by atoms with Gasteiger partial charge in [-0.3, -0.25) is 9.59 Å². The number of carbonyl (C=O) groups excluding carboxylic acids is 3. The van der Waals surface area contributed by atoms with E-state index >= 15 is 0 Å². The van der Waals surface area contributed by atoms with Crippen molar-refractivity contribution < 1.29 is 19.1 Å². The van der Waals surface area contributed by atoms with Gasteiger partial charge < -0.3 is 20.3 Å². The van der Waals surface area contributed by atoms with E-state index in [1.54, 1.807) is 20.8 Å². The molecule has 3 amide bonds. The van der Waals surface area contributed by atoms with E-state index in [4.69, 9.17) is 16.3 Å². The van der Waals surface area contributed by atoms with E-state index in [9.17, 15) is 14.4 Å². The molecule has 2 unspecified atom stereocenters. The second-order valence-corrected chi connectivity index (χ2v) is 11.5. The lowest BCUT2D eigenvalue weighted by Gasteiger charge is -2.35. The van der Waals surface area contributed by atoms with Gasteiger partial charge in [0.2, 0.25) is 5.91 Å². The first-order valence-electron chi connectivity index (χ1n) is 12.3. The second-order valence-electron chi connectivity index (χ2n) is 11.0. The third kappa shape index (κ3) is 6.37. The maximum Gasteiger partial charge on any atom is 0.318 e. The van der Waals surface area contributed by atoms with Crippen molar-refractivity contribution in [2.75, 3.05) is 13.1 Å². The van der Waals surface area contributed by atoms with Crippen molar-refractivity contribution >= 4 is 35.1 Å². The summed E-state index contributed by atoms with van der Waals surface area (Å²) in [5.41, 5.74) is 2.67. The van der Waals surface area contributed by atoms with Gasteiger partial charge in [-0.2, -0.15) is 0 Å². The highest BCUT2D eigenvalue weighted by Crippen LogP contribution is 2.59. The van der Waals surface area contributed by atoms with Gasteiger partial charge >= 0.3 is 12.0 Å². The lowest BCUT2D eigenvalue weighted by molar-refractivity contribution is -0.157. The Morgan fingerprint density at radius 2 is 1.83 bits per heavy atom. The Bertz CT molecular complexity index is 1010. The minimum Gasteiger partial charge on any atom is -0.440 e. The molecule has 1 aromatic rings. The van der Waals surface area contributed by atoms with Crippen LogP contribution in [0.1, 0.15) is 66.9 Å². The van der Waals surface area contributed by atoms with Gasteiger partial charge in [-0.05, 0) is 54.9 Å². The largest absolute Gasteiger partial charge is 0.440 e. The predicted octanol–water partition coefficient (Wildman–Crippen LogP) is 5.00. The number of nitrogens with one attached hydrogen (secondary N) is 2. The molecule has 1 aliphatic carbocycles. The number of amides is 3. The molecule has 2 atom stereocenters. The summed E-state index contributed by atoms with van der Waals surface area (Å²) in [6, 6.07) is 6.72. The zero-order chi connectivity index (χ0) is 26.1. The Morgan fingerprint density at radius 3 is 2.40 bits per heavy atom. The molecule has 1 fully saturated rings. The summed E-state index contributed by atoms with van der Waals surface area (Å²) in [6.45, 7) is 14.3. The molecule has 2 aliphatic rings. The summed E-state index contributed by atoms with van der Waals surface area (Å²) >= 11 is 6.06. The topological polar surface area (TPSA) is 87.7 Å². The maximum atomic E-state index is 13.6. The maximum absolute atomic E-state index is 13.6. The SMILES string of the molecule is CCC(=O)OC(C)(C)NC(=O)NC(C(=O)N1CCC2=C(c3ccc(Cl)cc3)C2C(C)(C)C1)C(C)C. The van der Waals surface area contributed by atoms with Crippen LogP contribution >= 0.6 is 11.6 Å². The molecule has 0 radical (unpaired) electrons. The number of esters is 1. The Morgan fingerprint density at radius 1 is 1.20 bits per heavy atom. The Balaban J connectivity index is 1.69. The highest BCUT2D eigenvalue weighted by atomic mass is 35.5. The van der Waals surface area contributed by atoms with Gasteiger partial charge in [-0.15, -0.1) is 0 Å². The predicted molar refractivity (Wildman–Crippen MR) is 138 cm³/mol. The molecule has 0 aromatic heterocycles. The highest BCUT2D eigenvalue weighted by molar-refractivity contribution is 6.30. The average molecular weight is 504 g/mol. The number of urea groups is 1.